The van der Waals surface area contributed by atoms with E-state index in [0.717, 1.165) is 35.9 Å². The minimum atomic E-state index is -4.49. The number of pyridine rings is 1. The first-order chi connectivity index (χ1) is 9.95. The molecule has 1 aromatic carbocycles. The van der Waals surface area contributed by atoms with E-state index in [0.29, 0.717) is 6.42 Å². The molecule has 1 aliphatic carbocycles. The molecule has 1 atom stereocenters. The molecule has 0 fully saturated rings. The zero-order chi connectivity index (χ0) is 15.0. The Morgan fingerprint density at radius 1 is 1.19 bits per heavy atom. The average molecular weight is 296 g/mol. The summed E-state index contributed by atoms with van der Waals surface area (Å²) in [6.45, 7) is 0. The highest BCUT2D eigenvalue weighted by Crippen LogP contribution is 2.35. The van der Waals surface area contributed by atoms with Crippen LogP contribution in [0.4, 0.5) is 23.2 Å². The van der Waals surface area contributed by atoms with Crippen molar-refractivity contribution in [2.24, 2.45) is 0 Å². The maximum atomic E-state index is 13.7. The predicted molar refractivity (Wildman–Crippen MR) is 70.3 cm³/mol. The van der Waals surface area contributed by atoms with Gasteiger partial charge in [-0.05, 0) is 42.7 Å². The largest absolute Gasteiger partial charge is 0.416 e. The molecule has 0 amide bonds. The monoisotopic (exact) mass is 296 g/mol. The highest BCUT2D eigenvalue weighted by molar-refractivity contribution is 5.50. The number of nitrogens with zero attached hydrogens (tertiary/aromatic N) is 1. The quantitative estimate of drug-likeness (QED) is 0.834. The van der Waals surface area contributed by atoms with E-state index in [4.69, 9.17) is 0 Å². The number of hydrogen-bond acceptors (Lipinski definition) is 2. The van der Waals surface area contributed by atoms with Gasteiger partial charge in [-0.25, -0.2) is 4.39 Å². The van der Waals surface area contributed by atoms with E-state index in [1.54, 1.807) is 6.20 Å². The standard InChI is InChI=1S/C15H12F4N2/c16-11-5-4-10(15(17,18)19)8-13(11)21-12-6-3-9-2-1-7-20-14(9)12/h1-2,4-5,7-8,12,21H,3,6H2. The molecular formula is C15H12F4N2. The summed E-state index contributed by atoms with van der Waals surface area (Å²) in [5.74, 6) is -0.701. The smallest absolute Gasteiger partial charge is 0.374 e. The fourth-order valence-corrected chi connectivity index (χ4v) is 2.55. The van der Waals surface area contributed by atoms with Gasteiger partial charge < -0.3 is 5.32 Å². The van der Waals surface area contributed by atoms with Gasteiger partial charge in [0.1, 0.15) is 5.82 Å². The SMILES string of the molecule is Fc1ccc(C(F)(F)F)cc1NC1CCc2cccnc21. The number of fused-ring (bicyclic) bond motifs is 1. The van der Waals surface area contributed by atoms with Gasteiger partial charge >= 0.3 is 6.18 Å². The van der Waals surface area contributed by atoms with Crippen molar-refractivity contribution in [2.45, 2.75) is 25.1 Å². The van der Waals surface area contributed by atoms with Gasteiger partial charge in [0.2, 0.25) is 0 Å². The molecule has 0 bridgehead atoms. The first-order valence-electron chi connectivity index (χ1n) is 6.52. The van der Waals surface area contributed by atoms with Crippen LogP contribution in [0.2, 0.25) is 0 Å². The maximum Gasteiger partial charge on any atom is 0.416 e. The van der Waals surface area contributed by atoms with Crippen molar-refractivity contribution < 1.29 is 17.6 Å². The number of aromatic nitrogens is 1. The van der Waals surface area contributed by atoms with E-state index < -0.39 is 17.6 Å². The number of benzene rings is 1. The lowest BCUT2D eigenvalue weighted by atomic mass is 10.1. The van der Waals surface area contributed by atoms with Gasteiger partial charge in [-0.2, -0.15) is 13.2 Å². The van der Waals surface area contributed by atoms with Crippen molar-refractivity contribution >= 4 is 5.69 Å². The van der Waals surface area contributed by atoms with Crippen LogP contribution in [0.1, 0.15) is 29.3 Å². The normalized spacial score (nSPS) is 17.6. The van der Waals surface area contributed by atoms with Crippen molar-refractivity contribution in [3.05, 3.63) is 59.2 Å². The molecule has 2 nitrogen and oxygen atoms in total. The molecule has 1 unspecified atom stereocenters. The zero-order valence-electron chi connectivity index (χ0n) is 10.9. The molecule has 6 heteroatoms. The average Bonchev–Trinajstić information content (AvgIpc) is 2.83. The van der Waals surface area contributed by atoms with Crippen LogP contribution in [-0.2, 0) is 12.6 Å². The molecule has 0 spiro atoms. The third-order valence-corrected chi connectivity index (χ3v) is 3.58. The van der Waals surface area contributed by atoms with Crippen molar-refractivity contribution in [1.82, 2.24) is 4.98 Å². The number of halogens is 4. The number of aryl methyl sites for hydroxylation is 1. The summed E-state index contributed by atoms with van der Waals surface area (Å²) in [7, 11) is 0. The zero-order valence-corrected chi connectivity index (χ0v) is 10.9. The van der Waals surface area contributed by atoms with Crippen LogP contribution in [0, 0.1) is 5.82 Å². The van der Waals surface area contributed by atoms with Crippen LogP contribution >= 0.6 is 0 Å². The second-order valence-corrected chi connectivity index (χ2v) is 4.98. The molecule has 1 aromatic heterocycles. The lowest BCUT2D eigenvalue weighted by Crippen LogP contribution is -2.12. The second-order valence-electron chi connectivity index (χ2n) is 4.98. The van der Waals surface area contributed by atoms with E-state index in [2.05, 4.69) is 10.3 Å². The van der Waals surface area contributed by atoms with Crippen LogP contribution in [0.25, 0.3) is 0 Å². The Bertz CT molecular complexity index is 667. The number of rotatable bonds is 2. The van der Waals surface area contributed by atoms with Crippen LogP contribution in [-0.4, -0.2) is 4.98 Å². The van der Waals surface area contributed by atoms with Crippen LogP contribution in [0.15, 0.2) is 36.5 Å². The number of nitrogens with one attached hydrogen (secondary N) is 1. The summed E-state index contributed by atoms with van der Waals surface area (Å²) in [5.41, 5.74) is 0.802. The molecule has 110 valence electrons. The summed E-state index contributed by atoms with van der Waals surface area (Å²) in [6.07, 6.45) is -1.40. The van der Waals surface area contributed by atoms with E-state index in [1.807, 2.05) is 12.1 Å². The summed E-state index contributed by atoms with van der Waals surface area (Å²) in [4.78, 5) is 4.23. The van der Waals surface area contributed by atoms with E-state index in [1.165, 1.54) is 0 Å². The highest BCUT2D eigenvalue weighted by Gasteiger charge is 2.32. The molecule has 1 N–H and O–H groups in total. The number of hydrogen-bond donors (Lipinski definition) is 1. The van der Waals surface area contributed by atoms with Crippen LogP contribution in [0.3, 0.4) is 0 Å². The van der Waals surface area contributed by atoms with Gasteiger partial charge in [0.15, 0.2) is 0 Å². The second kappa shape index (κ2) is 5.02. The van der Waals surface area contributed by atoms with Crippen molar-refractivity contribution in [3.8, 4) is 0 Å². The minimum absolute atomic E-state index is 0.145. The Hall–Kier alpha value is -2.11. The van der Waals surface area contributed by atoms with E-state index >= 15 is 0 Å². The maximum absolute atomic E-state index is 13.7. The Morgan fingerprint density at radius 3 is 2.76 bits per heavy atom. The lowest BCUT2D eigenvalue weighted by molar-refractivity contribution is -0.137. The number of alkyl halides is 3. The van der Waals surface area contributed by atoms with Gasteiger partial charge in [0.05, 0.1) is 23.0 Å². The molecule has 0 saturated heterocycles. The van der Waals surface area contributed by atoms with Crippen molar-refractivity contribution in [1.29, 1.82) is 0 Å². The molecule has 2 aromatic rings. The fraction of sp³-hybridized carbons (Fsp3) is 0.267. The number of anilines is 1. The first-order valence-corrected chi connectivity index (χ1v) is 6.52. The van der Waals surface area contributed by atoms with Gasteiger partial charge in [0.25, 0.3) is 0 Å². The molecular weight excluding hydrogens is 284 g/mol. The molecule has 1 heterocycles. The van der Waals surface area contributed by atoms with E-state index in [9.17, 15) is 17.6 Å². The third-order valence-electron chi connectivity index (χ3n) is 3.58. The van der Waals surface area contributed by atoms with Gasteiger partial charge in [0, 0.05) is 6.20 Å². The summed E-state index contributed by atoms with van der Waals surface area (Å²) in [5, 5.41) is 2.84. The van der Waals surface area contributed by atoms with Crippen molar-refractivity contribution in [3.63, 3.8) is 0 Å². The first kappa shape index (κ1) is 13.9. The molecule has 3 rings (SSSR count). The Kier molecular flexibility index (Phi) is 3.31. The molecule has 0 radical (unpaired) electrons. The molecule has 0 aliphatic heterocycles. The minimum Gasteiger partial charge on any atom is -0.374 e. The molecule has 0 saturated carbocycles. The van der Waals surface area contributed by atoms with E-state index in [-0.39, 0.29) is 11.7 Å². The molecule has 1 aliphatic rings. The highest BCUT2D eigenvalue weighted by atomic mass is 19.4. The lowest BCUT2D eigenvalue weighted by Gasteiger charge is -2.17. The van der Waals surface area contributed by atoms with Gasteiger partial charge in [-0.1, -0.05) is 6.07 Å². The topological polar surface area (TPSA) is 24.9 Å². The fourth-order valence-electron chi connectivity index (χ4n) is 2.55. The van der Waals surface area contributed by atoms with Gasteiger partial charge in [-0.3, -0.25) is 4.98 Å². The molecule has 21 heavy (non-hydrogen) atoms. The van der Waals surface area contributed by atoms with Crippen molar-refractivity contribution in [2.75, 3.05) is 5.32 Å². The Labute approximate surface area is 118 Å². The van der Waals surface area contributed by atoms with Gasteiger partial charge in [-0.15, -0.1) is 0 Å². The summed E-state index contributed by atoms with van der Waals surface area (Å²) in [6, 6.07) is 5.84. The van der Waals surface area contributed by atoms with Crippen LogP contribution in [0.5, 0.6) is 0 Å². The summed E-state index contributed by atoms with van der Waals surface area (Å²) < 4.78 is 51.8. The summed E-state index contributed by atoms with van der Waals surface area (Å²) >= 11 is 0. The van der Waals surface area contributed by atoms with Crippen LogP contribution < -0.4 is 5.32 Å². The Morgan fingerprint density at radius 2 is 2.00 bits per heavy atom. The Balaban J connectivity index is 1.89. The predicted octanol–water partition coefficient (Wildman–Crippen LogP) is 4.34. The third kappa shape index (κ3) is 2.70.